The number of ether oxygens (including phenoxy) is 1. The number of benzene rings is 1. The van der Waals surface area contributed by atoms with Gasteiger partial charge in [0.25, 0.3) is 5.91 Å². The Kier molecular flexibility index (Phi) is 6.33. The molecule has 0 bridgehead atoms. The lowest BCUT2D eigenvalue weighted by Crippen LogP contribution is -2.49. The molecule has 1 atom stereocenters. The van der Waals surface area contributed by atoms with Gasteiger partial charge in [-0.15, -0.1) is 0 Å². The van der Waals surface area contributed by atoms with Crippen molar-refractivity contribution in [3.8, 4) is 0 Å². The molecule has 1 saturated heterocycles. The molecular weight excluding hydrogens is 362 g/mol. The van der Waals surface area contributed by atoms with Gasteiger partial charge in [-0.2, -0.15) is 0 Å². The van der Waals surface area contributed by atoms with Crippen LogP contribution < -0.4 is 0 Å². The smallest absolute Gasteiger partial charge is 0.317 e. The standard InChI is InChI=1S/C20H27N3O5/c1-21(2)12-16-15-6-4-5-7-17(15)28-19(16)20(26)23-8-9-27-14(11-23)10-22(3)13-18(24)25/h4-7,14H,8-13H2,1-3H3,(H,24,25). The molecule has 1 N–H and O–H groups in total. The van der Waals surface area contributed by atoms with Gasteiger partial charge in [0, 0.05) is 37.1 Å². The summed E-state index contributed by atoms with van der Waals surface area (Å²) in [5.41, 5.74) is 1.59. The van der Waals surface area contributed by atoms with Crippen LogP contribution in [0, 0.1) is 0 Å². The van der Waals surface area contributed by atoms with Crippen molar-refractivity contribution in [3.05, 3.63) is 35.6 Å². The first kappa shape index (κ1) is 20.3. The molecular formula is C20H27N3O5. The third kappa shape index (κ3) is 4.70. The van der Waals surface area contributed by atoms with E-state index in [9.17, 15) is 9.59 Å². The molecule has 2 heterocycles. The Morgan fingerprint density at radius 2 is 2.00 bits per heavy atom. The zero-order valence-corrected chi connectivity index (χ0v) is 16.6. The van der Waals surface area contributed by atoms with Crippen molar-refractivity contribution in [3.63, 3.8) is 0 Å². The molecule has 3 rings (SSSR count). The minimum atomic E-state index is -0.887. The minimum Gasteiger partial charge on any atom is -0.480 e. The summed E-state index contributed by atoms with van der Waals surface area (Å²) in [6.45, 7) is 2.29. The molecule has 28 heavy (non-hydrogen) atoms. The first-order valence-corrected chi connectivity index (χ1v) is 9.31. The number of carboxylic acids is 1. The molecule has 0 spiro atoms. The van der Waals surface area contributed by atoms with E-state index in [2.05, 4.69) is 0 Å². The molecule has 152 valence electrons. The van der Waals surface area contributed by atoms with Crippen LogP contribution in [0.2, 0.25) is 0 Å². The van der Waals surface area contributed by atoms with Crippen molar-refractivity contribution in [2.24, 2.45) is 0 Å². The van der Waals surface area contributed by atoms with E-state index in [-0.39, 0.29) is 18.6 Å². The fourth-order valence-electron chi connectivity index (χ4n) is 3.55. The van der Waals surface area contributed by atoms with Crippen LogP contribution in [0.3, 0.4) is 0 Å². The SMILES string of the molecule is CN(C)Cc1c(C(=O)N2CCOC(CN(C)CC(=O)O)C2)oc2ccccc12. The van der Waals surface area contributed by atoms with Crippen LogP contribution in [0.1, 0.15) is 16.1 Å². The van der Waals surface area contributed by atoms with E-state index >= 15 is 0 Å². The number of carbonyl (C=O) groups excluding carboxylic acids is 1. The summed E-state index contributed by atoms with van der Waals surface area (Å²) in [6.07, 6.45) is -0.233. The van der Waals surface area contributed by atoms with Gasteiger partial charge in [0.15, 0.2) is 5.76 Å². The molecule has 1 fully saturated rings. The maximum atomic E-state index is 13.2. The second-order valence-electron chi connectivity index (χ2n) is 7.48. The summed E-state index contributed by atoms with van der Waals surface area (Å²) in [5.74, 6) is -0.668. The van der Waals surface area contributed by atoms with Crippen LogP contribution in [0.4, 0.5) is 0 Å². The van der Waals surface area contributed by atoms with Gasteiger partial charge < -0.3 is 24.1 Å². The summed E-state index contributed by atoms with van der Waals surface area (Å²) in [5, 5.41) is 9.86. The lowest BCUT2D eigenvalue weighted by atomic mass is 10.1. The lowest BCUT2D eigenvalue weighted by molar-refractivity contribution is -0.138. The van der Waals surface area contributed by atoms with Crippen LogP contribution in [0.5, 0.6) is 0 Å². The van der Waals surface area contributed by atoms with Gasteiger partial charge in [0.05, 0.1) is 19.3 Å². The molecule has 1 aromatic heterocycles. The zero-order valence-electron chi connectivity index (χ0n) is 16.6. The second kappa shape index (κ2) is 8.72. The third-order valence-corrected chi connectivity index (χ3v) is 4.71. The Balaban J connectivity index is 1.78. The van der Waals surface area contributed by atoms with Gasteiger partial charge in [-0.1, -0.05) is 18.2 Å². The predicted octanol–water partition coefficient (Wildman–Crippen LogP) is 1.35. The molecule has 0 saturated carbocycles. The number of amides is 1. The number of aliphatic carboxylic acids is 1. The zero-order chi connectivity index (χ0) is 20.3. The monoisotopic (exact) mass is 389 g/mol. The van der Waals surface area contributed by atoms with Crippen molar-refractivity contribution >= 4 is 22.8 Å². The van der Waals surface area contributed by atoms with E-state index < -0.39 is 5.97 Å². The number of morpholine rings is 1. The largest absolute Gasteiger partial charge is 0.480 e. The van der Waals surface area contributed by atoms with Gasteiger partial charge in [0.2, 0.25) is 0 Å². The summed E-state index contributed by atoms with van der Waals surface area (Å²) >= 11 is 0. The molecule has 8 nitrogen and oxygen atoms in total. The lowest BCUT2D eigenvalue weighted by Gasteiger charge is -2.34. The van der Waals surface area contributed by atoms with Crippen molar-refractivity contribution in [1.29, 1.82) is 0 Å². The second-order valence-corrected chi connectivity index (χ2v) is 7.48. The molecule has 2 aromatic rings. The summed E-state index contributed by atoms with van der Waals surface area (Å²) < 4.78 is 11.7. The number of rotatable bonds is 7. The average molecular weight is 389 g/mol. The first-order valence-electron chi connectivity index (χ1n) is 9.31. The molecule has 1 amide bonds. The molecule has 1 unspecified atom stereocenters. The highest BCUT2D eigenvalue weighted by atomic mass is 16.5. The molecule has 1 aliphatic rings. The van der Waals surface area contributed by atoms with E-state index in [0.29, 0.717) is 44.1 Å². The number of furan rings is 1. The number of fused-ring (bicyclic) bond motifs is 1. The van der Waals surface area contributed by atoms with Crippen molar-refractivity contribution in [2.45, 2.75) is 12.6 Å². The fourth-order valence-corrected chi connectivity index (χ4v) is 3.55. The van der Waals surface area contributed by atoms with Crippen LogP contribution in [0.15, 0.2) is 28.7 Å². The average Bonchev–Trinajstić information content (AvgIpc) is 2.98. The maximum Gasteiger partial charge on any atom is 0.317 e. The summed E-state index contributed by atoms with van der Waals surface area (Å²) in [6, 6.07) is 7.67. The van der Waals surface area contributed by atoms with E-state index in [0.717, 1.165) is 10.9 Å². The van der Waals surface area contributed by atoms with Crippen LogP contribution in [-0.4, -0.2) is 91.7 Å². The van der Waals surface area contributed by atoms with Gasteiger partial charge in [0.1, 0.15) is 5.58 Å². The Labute approximate surface area is 164 Å². The number of hydrogen-bond donors (Lipinski definition) is 1. The summed E-state index contributed by atoms with van der Waals surface area (Å²) in [4.78, 5) is 29.5. The molecule has 1 aliphatic heterocycles. The Bertz CT molecular complexity index is 847. The van der Waals surface area contributed by atoms with Gasteiger partial charge in [-0.3, -0.25) is 14.5 Å². The highest BCUT2D eigenvalue weighted by Gasteiger charge is 2.30. The normalized spacial score (nSPS) is 17.6. The number of nitrogens with zero attached hydrogens (tertiary/aromatic N) is 3. The highest BCUT2D eigenvalue weighted by molar-refractivity contribution is 5.99. The van der Waals surface area contributed by atoms with Crippen molar-refractivity contribution < 1.29 is 23.8 Å². The molecule has 0 radical (unpaired) electrons. The molecule has 8 heteroatoms. The number of hydrogen-bond acceptors (Lipinski definition) is 6. The van der Waals surface area contributed by atoms with Crippen molar-refractivity contribution in [1.82, 2.24) is 14.7 Å². The summed E-state index contributed by atoms with van der Waals surface area (Å²) in [7, 11) is 5.64. The highest BCUT2D eigenvalue weighted by Crippen LogP contribution is 2.28. The van der Waals surface area contributed by atoms with Gasteiger partial charge >= 0.3 is 5.97 Å². The van der Waals surface area contributed by atoms with Gasteiger partial charge in [-0.05, 0) is 27.2 Å². The maximum absolute atomic E-state index is 13.2. The topological polar surface area (TPSA) is 86.5 Å². The molecule has 0 aliphatic carbocycles. The van der Waals surface area contributed by atoms with Crippen LogP contribution in [-0.2, 0) is 16.1 Å². The van der Waals surface area contributed by atoms with Crippen LogP contribution >= 0.6 is 0 Å². The van der Waals surface area contributed by atoms with E-state index in [1.807, 2.05) is 43.3 Å². The fraction of sp³-hybridized carbons (Fsp3) is 0.500. The van der Waals surface area contributed by atoms with E-state index in [1.165, 1.54) is 0 Å². The number of carboxylic acid groups (broad SMARTS) is 1. The minimum absolute atomic E-state index is 0.0651. The first-order chi connectivity index (χ1) is 13.3. The number of para-hydroxylation sites is 1. The Morgan fingerprint density at radius 1 is 1.25 bits per heavy atom. The Hall–Kier alpha value is -2.42. The number of carbonyl (C=O) groups is 2. The Morgan fingerprint density at radius 3 is 2.71 bits per heavy atom. The van der Waals surface area contributed by atoms with E-state index in [4.69, 9.17) is 14.3 Å². The molecule has 1 aromatic carbocycles. The van der Waals surface area contributed by atoms with Crippen molar-refractivity contribution in [2.75, 3.05) is 53.9 Å². The third-order valence-electron chi connectivity index (χ3n) is 4.71. The van der Waals surface area contributed by atoms with E-state index in [1.54, 1.807) is 16.8 Å². The van der Waals surface area contributed by atoms with Gasteiger partial charge in [-0.25, -0.2) is 0 Å². The van der Waals surface area contributed by atoms with Crippen LogP contribution in [0.25, 0.3) is 11.0 Å². The number of likely N-dealkylation sites (N-methyl/N-ethyl adjacent to an activating group) is 1. The quantitative estimate of drug-likeness (QED) is 0.765. The predicted molar refractivity (Wildman–Crippen MR) is 104 cm³/mol.